The van der Waals surface area contributed by atoms with Crippen molar-refractivity contribution < 1.29 is 4.79 Å². The molecule has 3 heterocycles. The molecule has 0 saturated carbocycles. The van der Waals surface area contributed by atoms with Crippen LogP contribution in [0.1, 0.15) is 31.0 Å². The third-order valence-electron chi connectivity index (χ3n) is 3.82. The lowest BCUT2D eigenvalue weighted by Crippen LogP contribution is -2.39. The van der Waals surface area contributed by atoms with Gasteiger partial charge in [0, 0.05) is 44.4 Å². The third-order valence-corrected chi connectivity index (χ3v) is 3.82. The summed E-state index contributed by atoms with van der Waals surface area (Å²) in [5.74, 6) is 0.883. The van der Waals surface area contributed by atoms with Gasteiger partial charge in [0.15, 0.2) is 0 Å². The van der Waals surface area contributed by atoms with Crippen LogP contribution >= 0.6 is 0 Å². The zero-order valence-corrected chi connectivity index (χ0v) is 11.7. The van der Waals surface area contributed by atoms with Crippen LogP contribution in [-0.2, 0) is 11.3 Å². The molecule has 0 radical (unpaired) electrons. The zero-order chi connectivity index (χ0) is 14.7. The van der Waals surface area contributed by atoms with Crippen LogP contribution < -0.4 is 5.69 Å². The average Bonchev–Trinajstić information content (AvgIpc) is 3.16. The second-order valence-electron chi connectivity index (χ2n) is 5.29. The number of likely N-dealkylation sites (tertiary alicyclic amines) is 1. The highest BCUT2D eigenvalue weighted by Gasteiger charge is 2.26. The van der Waals surface area contributed by atoms with E-state index in [4.69, 9.17) is 0 Å². The highest BCUT2D eigenvalue weighted by molar-refractivity contribution is 5.76. The Balaban J connectivity index is 1.57. The van der Waals surface area contributed by atoms with Gasteiger partial charge >= 0.3 is 5.69 Å². The summed E-state index contributed by atoms with van der Waals surface area (Å²) in [4.78, 5) is 31.9. The van der Waals surface area contributed by atoms with Crippen molar-refractivity contribution in [3.05, 3.63) is 35.0 Å². The molecule has 3 rings (SSSR count). The maximum absolute atomic E-state index is 12.3. The number of carbonyl (C=O) groups is 1. The number of aromatic nitrogens is 5. The molecule has 0 aromatic carbocycles. The van der Waals surface area contributed by atoms with Gasteiger partial charge in [-0.2, -0.15) is 5.10 Å². The summed E-state index contributed by atoms with van der Waals surface area (Å²) in [6, 6.07) is 0. The SMILES string of the molecule is O=C(CCn1ccnc1)N1CCCC(c2n[nH]c(=O)[nH]2)C1. The lowest BCUT2D eigenvalue weighted by molar-refractivity contribution is -0.132. The maximum atomic E-state index is 12.3. The van der Waals surface area contributed by atoms with Crippen LogP contribution in [0.15, 0.2) is 23.5 Å². The number of nitrogens with one attached hydrogen (secondary N) is 2. The molecule has 112 valence electrons. The molecule has 0 spiro atoms. The Hall–Kier alpha value is -2.38. The number of rotatable bonds is 4. The minimum Gasteiger partial charge on any atom is -0.342 e. The lowest BCUT2D eigenvalue weighted by Gasteiger charge is -2.31. The molecule has 1 atom stereocenters. The van der Waals surface area contributed by atoms with Crippen LogP contribution in [0.3, 0.4) is 0 Å². The summed E-state index contributed by atoms with van der Waals surface area (Å²) in [5, 5.41) is 6.36. The number of amides is 1. The molecule has 2 aromatic heterocycles. The second kappa shape index (κ2) is 5.94. The standard InChI is InChI=1S/C13H18N6O2/c20-11(3-6-18-7-4-14-9-18)19-5-1-2-10(8-19)12-15-13(21)17-16-12/h4,7,9-10H,1-3,5-6,8H2,(H2,15,16,17,21). The van der Waals surface area contributed by atoms with Crippen LogP contribution in [0, 0.1) is 0 Å². The van der Waals surface area contributed by atoms with Crippen molar-refractivity contribution in [1.29, 1.82) is 0 Å². The molecular formula is C13H18N6O2. The van der Waals surface area contributed by atoms with Crippen LogP contribution in [0.2, 0.25) is 0 Å². The minimum absolute atomic E-state index is 0.106. The van der Waals surface area contributed by atoms with E-state index in [1.54, 1.807) is 12.5 Å². The van der Waals surface area contributed by atoms with Crippen LogP contribution in [0.4, 0.5) is 0 Å². The van der Waals surface area contributed by atoms with Gasteiger partial charge in [0.2, 0.25) is 5.91 Å². The second-order valence-corrected chi connectivity index (χ2v) is 5.29. The van der Waals surface area contributed by atoms with E-state index in [-0.39, 0.29) is 17.5 Å². The average molecular weight is 290 g/mol. The van der Waals surface area contributed by atoms with E-state index in [0.717, 1.165) is 19.4 Å². The largest absolute Gasteiger partial charge is 0.342 e. The molecule has 2 aromatic rings. The Labute approximate surface area is 121 Å². The Morgan fingerprint density at radius 2 is 2.38 bits per heavy atom. The van der Waals surface area contributed by atoms with E-state index in [1.807, 2.05) is 15.7 Å². The van der Waals surface area contributed by atoms with Gasteiger partial charge in [-0.05, 0) is 12.8 Å². The molecule has 8 heteroatoms. The van der Waals surface area contributed by atoms with Crippen LogP contribution in [0.5, 0.6) is 0 Å². The summed E-state index contributed by atoms with van der Waals surface area (Å²) in [6.45, 7) is 2.02. The molecule has 1 amide bonds. The molecule has 1 aliphatic heterocycles. The van der Waals surface area contributed by atoms with Crippen molar-refractivity contribution in [2.45, 2.75) is 31.7 Å². The quantitative estimate of drug-likeness (QED) is 0.833. The molecule has 8 nitrogen and oxygen atoms in total. The van der Waals surface area contributed by atoms with Gasteiger partial charge in [-0.25, -0.2) is 14.9 Å². The van der Waals surface area contributed by atoms with Gasteiger partial charge in [-0.3, -0.25) is 9.78 Å². The number of imidazole rings is 1. The smallest absolute Gasteiger partial charge is 0.340 e. The van der Waals surface area contributed by atoms with Gasteiger partial charge in [0.1, 0.15) is 5.82 Å². The molecule has 1 unspecified atom stereocenters. The number of aromatic amines is 2. The molecule has 2 N–H and O–H groups in total. The minimum atomic E-state index is -0.298. The highest BCUT2D eigenvalue weighted by Crippen LogP contribution is 2.23. The van der Waals surface area contributed by atoms with Crippen molar-refractivity contribution in [3.8, 4) is 0 Å². The predicted molar refractivity (Wildman–Crippen MR) is 74.6 cm³/mol. The first-order chi connectivity index (χ1) is 10.2. The summed E-state index contributed by atoms with van der Waals surface area (Å²) < 4.78 is 1.89. The summed E-state index contributed by atoms with van der Waals surface area (Å²) in [7, 11) is 0. The van der Waals surface area contributed by atoms with E-state index < -0.39 is 0 Å². The third kappa shape index (κ3) is 3.21. The normalized spacial score (nSPS) is 18.9. The van der Waals surface area contributed by atoms with E-state index in [9.17, 15) is 9.59 Å². The van der Waals surface area contributed by atoms with E-state index >= 15 is 0 Å². The Morgan fingerprint density at radius 1 is 1.48 bits per heavy atom. The zero-order valence-electron chi connectivity index (χ0n) is 11.7. The van der Waals surface area contributed by atoms with Crippen molar-refractivity contribution in [2.24, 2.45) is 0 Å². The van der Waals surface area contributed by atoms with E-state index in [2.05, 4.69) is 20.2 Å². The summed E-state index contributed by atoms with van der Waals surface area (Å²) in [6.07, 6.45) is 7.58. The molecule has 21 heavy (non-hydrogen) atoms. The first-order valence-corrected chi connectivity index (χ1v) is 7.10. The van der Waals surface area contributed by atoms with E-state index in [1.165, 1.54) is 0 Å². The monoisotopic (exact) mass is 290 g/mol. The van der Waals surface area contributed by atoms with Crippen LogP contribution in [-0.4, -0.2) is 48.6 Å². The number of piperidine rings is 1. The summed E-state index contributed by atoms with van der Waals surface area (Å²) >= 11 is 0. The molecule has 1 aliphatic rings. The molecule has 1 fully saturated rings. The molecular weight excluding hydrogens is 272 g/mol. The van der Waals surface area contributed by atoms with Gasteiger partial charge < -0.3 is 9.47 Å². The van der Waals surface area contributed by atoms with Crippen molar-refractivity contribution in [2.75, 3.05) is 13.1 Å². The van der Waals surface area contributed by atoms with Crippen molar-refractivity contribution >= 4 is 5.91 Å². The predicted octanol–water partition coefficient (Wildman–Crippen LogP) is 0.0908. The van der Waals surface area contributed by atoms with Crippen molar-refractivity contribution in [3.63, 3.8) is 0 Å². The first kappa shape index (κ1) is 13.6. The fraction of sp³-hybridized carbons (Fsp3) is 0.538. The number of carbonyl (C=O) groups excluding carboxylic acids is 1. The highest BCUT2D eigenvalue weighted by atomic mass is 16.2. The van der Waals surface area contributed by atoms with Crippen molar-refractivity contribution in [1.82, 2.24) is 29.6 Å². The number of aryl methyl sites for hydroxylation is 1. The van der Waals surface area contributed by atoms with Gasteiger partial charge in [-0.1, -0.05) is 0 Å². The van der Waals surface area contributed by atoms with E-state index in [0.29, 0.717) is 25.3 Å². The number of hydrogen-bond donors (Lipinski definition) is 2. The lowest BCUT2D eigenvalue weighted by atomic mass is 9.97. The molecule has 1 saturated heterocycles. The Bertz CT molecular complexity index is 644. The Kier molecular flexibility index (Phi) is 3.85. The number of nitrogens with zero attached hydrogens (tertiary/aromatic N) is 4. The summed E-state index contributed by atoms with van der Waals surface area (Å²) in [5.41, 5.74) is -0.298. The number of H-pyrrole nitrogens is 2. The van der Waals surface area contributed by atoms with Gasteiger partial charge in [-0.15, -0.1) is 0 Å². The fourth-order valence-electron chi connectivity index (χ4n) is 2.71. The topological polar surface area (TPSA) is 99.7 Å². The maximum Gasteiger partial charge on any atom is 0.340 e. The van der Waals surface area contributed by atoms with Crippen LogP contribution in [0.25, 0.3) is 0 Å². The van der Waals surface area contributed by atoms with Gasteiger partial charge in [0.25, 0.3) is 0 Å². The molecule has 0 bridgehead atoms. The van der Waals surface area contributed by atoms with Gasteiger partial charge in [0.05, 0.1) is 6.33 Å². The fourth-order valence-corrected chi connectivity index (χ4v) is 2.71. The Morgan fingerprint density at radius 3 is 3.10 bits per heavy atom. The number of hydrogen-bond acceptors (Lipinski definition) is 4. The molecule has 0 aliphatic carbocycles. The first-order valence-electron chi connectivity index (χ1n) is 7.10.